The molecule has 0 aliphatic carbocycles. The summed E-state index contributed by atoms with van der Waals surface area (Å²) in [7, 11) is 1.52. The fourth-order valence-corrected chi connectivity index (χ4v) is 1.24. The zero-order chi connectivity index (χ0) is 9.14. The van der Waals surface area contributed by atoms with Crippen molar-refractivity contribution >= 4 is 0 Å². The quantitative estimate of drug-likeness (QED) is 0.662. The Kier molecular flexibility index (Phi) is 2.53. The van der Waals surface area contributed by atoms with Gasteiger partial charge in [0.1, 0.15) is 0 Å². The minimum Gasteiger partial charge on any atom is -0.491 e. The largest absolute Gasteiger partial charge is 0.491 e. The number of aromatic nitrogens is 1. The van der Waals surface area contributed by atoms with Crippen molar-refractivity contribution in [3.63, 3.8) is 0 Å². The van der Waals surface area contributed by atoms with Crippen LogP contribution in [0.5, 0.6) is 5.75 Å². The van der Waals surface area contributed by atoms with Crippen LogP contribution in [-0.2, 0) is 6.54 Å². The van der Waals surface area contributed by atoms with Crippen LogP contribution < -0.4 is 10.2 Å². The summed E-state index contributed by atoms with van der Waals surface area (Å²) in [6, 6.07) is 1.52. The topological polar surface area (TPSA) is 31.2 Å². The summed E-state index contributed by atoms with van der Waals surface area (Å²) in [5.74, 6) is 0.444. The van der Waals surface area contributed by atoms with Gasteiger partial charge in [0.2, 0.25) is 5.43 Å². The van der Waals surface area contributed by atoms with Gasteiger partial charge in [0, 0.05) is 18.8 Å². The van der Waals surface area contributed by atoms with Gasteiger partial charge in [0.05, 0.1) is 12.8 Å². The lowest BCUT2D eigenvalue weighted by Crippen LogP contribution is -2.12. The summed E-state index contributed by atoms with van der Waals surface area (Å²) in [6.07, 6.45) is 1.78. The Labute approximate surface area is 71.6 Å². The Balaban J connectivity index is 3.34. The molecular formula is C9H13NO2. The molecule has 1 aromatic rings. The molecule has 12 heavy (non-hydrogen) atoms. The molecule has 0 N–H and O–H groups in total. The first-order valence-electron chi connectivity index (χ1n) is 3.94. The molecule has 0 aromatic carbocycles. The van der Waals surface area contributed by atoms with Crippen LogP contribution in [0.4, 0.5) is 0 Å². The number of hydrogen-bond donors (Lipinski definition) is 0. The van der Waals surface area contributed by atoms with Crippen LogP contribution in [0, 0.1) is 6.92 Å². The number of rotatable bonds is 2. The lowest BCUT2D eigenvalue weighted by atomic mass is 10.3. The Morgan fingerprint density at radius 2 is 2.25 bits per heavy atom. The molecule has 3 nitrogen and oxygen atoms in total. The molecule has 1 aromatic heterocycles. The van der Waals surface area contributed by atoms with Gasteiger partial charge in [0.15, 0.2) is 5.75 Å². The number of methoxy groups -OCH3 is 1. The first kappa shape index (κ1) is 8.84. The zero-order valence-electron chi connectivity index (χ0n) is 7.63. The number of pyridine rings is 1. The molecule has 0 amide bonds. The van der Waals surface area contributed by atoms with Crippen molar-refractivity contribution in [2.75, 3.05) is 7.11 Å². The molecule has 0 radical (unpaired) electrons. The molecule has 1 heterocycles. The predicted octanol–water partition coefficient (Wildman–Crippen LogP) is 1.19. The number of hydrogen-bond acceptors (Lipinski definition) is 2. The Hall–Kier alpha value is -1.25. The molecule has 1 rings (SSSR count). The van der Waals surface area contributed by atoms with Crippen LogP contribution in [0.2, 0.25) is 0 Å². The summed E-state index contributed by atoms with van der Waals surface area (Å²) in [5.41, 5.74) is 0.826. The molecule has 0 aliphatic rings. The second-order valence-electron chi connectivity index (χ2n) is 2.58. The Morgan fingerprint density at radius 3 is 2.75 bits per heavy atom. The summed E-state index contributed by atoms with van der Waals surface area (Å²) in [4.78, 5) is 11.2. The van der Waals surface area contributed by atoms with Crippen LogP contribution in [0.25, 0.3) is 0 Å². The van der Waals surface area contributed by atoms with E-state index in [2.05, 4.69) is 0 Å². The molecule has 0 saturated heterocycles. The van der Waals surface area contributed by atoms with E-state index >= 15 is 0 Å². The molecule has 0 unspecified atom stereocenters. The molecule has 0 saturated carbocycles. The van der Waals surface area contributed by atoms with Crippen LogP contribution in [0.15, 0.2) is 17.1 Å². The van der Waals surface area contributed by atoms with Crippen LogP contribution in [-0.4, -0.2) is 11.7 Å². The van der Waals surface area contributed by atoms with Crippen LogP contribution >= 0.6 is 0 Å². The maximum atomic E-state index is 11.2. The Morgan fingerprint density at radius 1 is 1.58 bits per heavy atom. The highest BCUT2D eigenvalue weighted by molar-refractivity contribution is 5.26. The fraction of sp³-hybridized carbons (Fsp3) is 0.444. The third-order valence-corrected chi connectivity index (χ3v) is 1.93. The number of ether oxygens (including phenoxy) is 1. The van der Waals surface area contributed by atoms with E-state index in [1.165, 1.54) is 13.2 Å². The number of nitrogens with zero attached hydrogens (tertiary/aromatic N) is 1. The average Bonchev–Trinajstić information content (AvgIpc) is 2.06. The highest BCUT2D eigenvalue weighted by atomic mass is 16.5. The van der Waals surface area contributed by atoms with Crippen molar-refractivity contribution in [1.29, 1.82) is 0 Å². The molecule has 0 spiro atoms. The van der Waals surface area contributed by atoms with Crippen molar-refractivity contribution in [3.8, 4) is 5.75 Å². The third kappa shape index (κ3) is 1.35. The molecule has 66 valence electrons. The summed E-state index contributed by atoms with van der Waals surface area (Å²) in [5, 5.41) is 0. The first-order chi connectivity index (χ1) is 5.70. The lowest BCUT2D eigenvalue weighted by molar-refractivity contribution is 0.400. The third-order valence-electron chi connectivity index (χ3n) is 1.93. The van der Waals surface area contributed by atoms with Gasteiger partial charge in [-0.25, -0.2) is 0 Å². The maximum absolute atomic E-state index is 11.2. The molecular weight excluding hydrogens is 154 g/mol. The number of aryl methyl sites for hydroxylation is 1. The lowest BCUT2D eigenvalue weighted by Gasteiger charge is -2.10. The van der Waals surface area contributed by atoms with Gasteiger partial charge in [-0.3, -0.25) is 4.79 Å². The van der Waals surface area contributed by atoms with Crippen molar-refractivity contribution in [2.24, 2.45) is 0 Å². The van der Waals surface area contributed by atoms with E-state index < -0.39 is 0 Å². The highest BCUT2D eigenvalue weighted by Crippen LogP contribution is 2.09. The van der Waals surface area contributed by atoms with E-state index in [9.17, 15) is 4.79 Å². The van der Waals surface area contributed by atoms with Gasteiger partial charge >= 0.3 is 0 Å². The zero-order valence-corrected chi connectivity index (χ0v) is 7.63. The minimum absolute atomic E-state index is 0.0558. The van der Waals surface area contributed by atoms with Crippen molar-refractivity contribution < 1.29 is 4.74 Å². The van der Waals surface area contributed by atoms with E-state index in [4.69, 9.17) is 4.74 Å². The van der Waals surface area contributed by atoms with Gasteiger partial charge in [0.25, 0.3) is 0 Å². The SMILES string of the molecule is CCn1ccc(=O)c(OC)c1C. The van der Waals surface area contributed by atoms with E-state index in [0.717, 1.165) is 12.2 Å². The minimum atomic E-state index is -0.0558. The normalized spacial score (nSPS) is 9.92. The van der Waals surface area contributed by atoms with Gasteiger partial charge in [-0.15, -0.1) is 0 Å². The van der Waals surface area contributed by atoms with Gasteiger partial charge in [-0.05, 0) is 13.8 Å². The van der Waals surface area contributed by atoms with E-state index in [0.29, 0.717) is 5.75 Å². The average molecular weight is 167 g/mol. The van der Waals surface area contributed by atoms with Gasteiger partial charge in [-0.2, -0.15) is 0 Å². The Bertz CT molecular complexity index is 328. The highest BCUT2D eigenvalue weighted by Gasteiger charge is 2.04. The monoisotopic (exact) mass is 167 g/mol. The maximum Gasteiger partial charge on any atom is 0.223 e. The smallest absolute Gasteiger partial charge is 0.223 e. The molecule has 3 heteroatoms. The molecule has 0 fully saturated rings. The van der Waals surface area contributed by atoms with E-state index in [1.807, 2.05) is 18.4 Å². The molecule has 0 aliphatic heterocycles. The summed E-state index contributed by atoms with van der Waals surface area (Å²) >= 11 is 0. The first-order valence-corrected chi connectivity index (χ1v) is 3.94. The predicted molar refractivity (Wildman–Crippen MR) is 47.7 cm³/mol. The second kappa shape index (κ2) is 3.43. The van der Waals surface area contributed by atoms with Crippen LogP contribution in [0.3, 0.4) is 0 Å². The van der Waals surface area contributed by atoms with Crippen LogP contribution in [0.1, 0.15) is 12.6 Å². The van der Waals surface area contributed by atoms with Crippen molar-refractivity contribution in [2.45, 2.75) is 20.4 Å². The van der Waals surface area contributed by atoms with E-state index in [1.54, 1.807) is 6.20 Å². The summed E-state index contributed by atoms with van der Waals surface area (Å²) < 4.78 is 6.96. The van der Waals surface area contributed by atoms with Crippen molar-refractivity contribution in [3.05, 3.63) is 28.2 Å². The summed E-state index contributed by atoms with van der Waals surface area (Å²) in [6.45, 7) is 4.75. The second-order valence-corrected chi connectivity index (χ2v) is 2.58. The van der Waals surface area contributed by atoms with E-state index in [-0.39, 0.29) is 5.43 Å². The van der Waals surface area contributed by atoms with Crippen molar-refractivity contribution in [1.82, 2.24) is 4.57 Å². The van der Waals surface area contributed by atoms with Gasteiger partial charge in [-0.1, -0.05) is 0 Å². The molecule has 0 atom stereocenters. The van der Waals surface area contributed by atoms with Gasteiger partial charge < -0.3 is 9.30 Å². The molecule has 0 bridgehead atoms. The standard InChI is InChI=1S/C9H13NO2/c1-4-10-6-5-8(11)9(12-3)7(10)2/h5-6H,4H2,1-3H3. The fourth-order valence-electron chi connectivity index (χ4n) is 1.24.